The Hall–Kier alpha value is 0.449. The van der Waals surface area contributed by atoms with E-state index in [1.165, 1.54) is 5.30 Å². The van der Waals surface area contributed by atoms with Crippen LogP contribution in [0.5, 0.6) is 0 Å². The van der Waals surface area contributed by atoms with Crippen molar-refractivity contribution >= 4 is 38.5 Å². The molecule has 0 aromatic heterocycles. The van der Waals surface area contributed by atoms with Gasteiger partial charge in [0.15, 0.2) is 0 Å². The third-order valence-corrected chi connectivity index (χ3v) is 1.18. The van der Waals surface area contributed by atoms with E-state index in [1.54, 1.807) is 0 Å². The molecule has 1 aromatic rings. The first-order valence-electron chi connectivity index (χ1n) is 2.20. The molecule has 0 saturated heterocycles. The van der Waals surface area contributed by atoms with Crippen molar-refractivity contribution in [3.8, 4) is 0 Å². The Labute approximate surface area is 68.8 Å². The quantitative estimate of drug-likeness (QED) is 0.456. The summed E-state index contributed by atoms with van der Waals surface area (Å²) in [6.45, 7) is 0. The van der Waals surface area contributed by atoms with Gasteiger partial charge < -0.3 is 0 Å². The van der Waals surface area contributed by atoms with Gasteiger partial charge in [-0.05, 0) is 5.30 Å². The monoisotopic (exact) mass is 230 g/mol. The second kappa shape index (κ2) is 4.34. The topological polar surface area (TPSA) is 0 Å². The molecule has 0 amide bonds. The Morgan fingerprint density at radius 1 is 1.00 bits per heavy atom. The van der Waals surface area contributed by atoms with Crippen LogP contribution >= 0.6 is 9.24 Å². The fraction of sp³-hybridized carbons (Fsp3) is 0. The van der Waals surface area contributed by atoms with E-state index < -0.39 is 0 Å². The molecular weight excluding hydrogens is 222 g/mol. The Balaban J connectivity index is 0.000000490. The second-order valence-electron chi connectivity index (χ2n) is 1.41. The van der Waals surface area contributed by atoms with E-state index in [9.17, 15) is 0 Å². The standard InChI is InChI=1S/C6H7P.Sn/c7-6-4-2-1-3-5-6;/h1-5H,7H2;. The van der Waals surface area contributed by atoms with Gasteiger partial charge in [-0.1, -0.05) is 30.3 Å². The fourth-order valence-electron chi connectivity index (χ4n) is 0.453. The molecule has 1 aromatic carbocycles. The average Bonchev–Trinajstić information content (AvgIpc) is 1.69. The summed E-state index contributed by atoms with van der Waals surface area (Å²) in [6.07, 6.45) is 0. The molecule has 1 atom stereocenters. The zero-order chi connectivity index (χ0) is 5.11. The van der Waals surface area contributed by atoms with Crippen molar-refractivity contribution in [1.29, 1.82) is 0 Å². The molecule has 40 valence electrons. The molecular formula is C6H7PSn. The fourth-order valence-corrected chi connectivity index (χ4v) is 0.675. The average molecular weight is 229 g/mol. The van der Waals surface area contributed by atoms with E-state index in [-0.39, 0.29) is 23.9 Å². The van der Waals surface area contributed by atoms with Crippen molar-refractivity contribution < 1.29 is 0 Å². The van der Waals surface area contributed by atoms with Crippen LogP contribution in [0.25, 0.3) is 0 Å². The molecule has 8 heavy (non-hydrogen) atoms. The van der Waals surface area contributed by atoms with Crippen molar-refractivity contribution in [3.05, 3.63) is 30.3 Å². The van der Waals surface area contributed by atoms with Crippen molar-refractivity contribution in [2.24, 2.45) is 0 Å². The van der Waals surface area contributed by atoms with Gasteiger partial charge in [0, 0.05) is 23.9 Å². The molecule has 0 aliphatic rings. The van der Waals surface area contributed by atoms with Gasteiger partial charge in [-0.25, -0.2) is 0 Å². The molecule has 0 aliphatic heterocycles. The second-order valence-corrected chi connectivity index (χ2v) is 2.08. The number of benzene rings is 1. The van der Waals surface area contributed by atoms with Gasteiger partial charge in [0.1, 0.15) is 0 Å². The van der Waals surface area contributed by atoms with Crippen LogP contribution in [0.3, 0.4) is 0 Å². The van der Waals surface area contributed by atoms with Crippen molar-refractivity contribution in [3.63, 3.8) is 0 Å². The molecule has 0 aliphatic carbocycles. The summed E-state index contributed by atoms with van der Waals surface area (Å²) < 4.78 is 0. The van der Waals surface area contributed by atoms with E-state index in [2.05, 4.69) is 9.24 Å². The predicted molar refractivity (Wildman–Crippen MR) is 41.5 cm³/mol. The van der Waals surface area contributed by atoms with Crippen LogP contribution in [-0.4, -0.2) is 23.9 Å². The van der Waals surface area contributed by atoms with E-state index in [0.717, 1.165) is 0 Å². The summed E-state index contributed by atoms with van der Waals surface area (Å²) in [7, 11) is 2.63. The Morgan fingerprint density at radius 2 is 1.50 bits per heavy atom. The first-order valence-corrected chi connectivity index (χ1v) is 2.78. The summed E-state index contributed by atoms with van der Waals surface area (Å²) in [5.41, 5.74) is 0. The Bertz CT molecular complexity index is 138. The normalized spacial score (nSPS) is 7.62. The molecule has 0 fully saturated rings. The predicted octanol–water partition coefficient (Wildman–Crippen LogP) is 0.806. The Morgan fingerprint density at radius 3 is 1.75 bits per heavy atom. The molecule has 1 unspecified atom stereocenters. The molecule has 2 heteroatoms. The molecule has 0 N–H and O–H groups in total. The smallest absolute Gasteiger partial charge is 0 e. The largest absolute Gasteiger partial charge is 0.106 e. The van der Waals surface area contributed by atoms with E-state index in [0.29, 0.717) is 0 Å². The molecule has 0 nitrogen and oxygen atoms in total. The number of hydrogen-bond donors (Lipinski definition) is 0. The van der Waals surface area contributed by atoms with Crippen molar-refractivity contribution in [1.82, 2.24) is 0 Å². The van der Waals surface area contributed by atoms with Crippen molar-refractivity contribution in [2.75, 3.05) is 0 Å². The molecule has 4 radical (unpaired) electrons. The van der Waals surface area contributed by atoms with Crippen LogP contribution in [0.1, 0.15) is 0 Å². The maximum absolute atomic E-state index is 2.63. The van der Waals surface area contributed by atoms with Crippen LogP contribution in [-0.2, 0) is 0 Å². The Kier molecular flexibility index (Phi) is 4.58. The summed E-state index contributed by atoms with van der Waals surface area (Å²) in [5, 5.41) is 1.24. The van der Waals surface area contributed by atoms with Gasteiger partial charge in [0.2, 0.25) is 0 Å². The maximum atomic E-state index is 2.63. The molecule has 0 saturated carbocycles. The summed E-state index contributed by atoms with van der Waals surface area (Å²) in [4.78, 5) is 0. The molecule has 0 bridgehead atoms. The third kappa shape index (κ3) is 2.68. The third-order valence-electron chi connectivity index (χ3n) is 0.800. The summed E-state index contributed by atoms with van der Waals surface area (Å²) in [6, 6.07) is 10.1. The van der Waals surface area contributed by atoms with Crippen molar-refractivity contribution in [2.45, 2.75) is 0 Å². The SMILES string of the molecule is Pc1ccccc1.[Sn]. The van der Waals surface area contributed by atoms with E-state index >= 15 is 0 Å². The first-order chi connectivity index (χ1) is 3.39. The van der Waals surface area contributed by atoms with Crippen LogP contribution < -0.4 is 5.30 Å². The number of rotatable bonds is 0. The van der Waals surface area contributed by atoms with Crippen LogP contribution in [0, 0.1) is 0 Å². The van der Waals surface area contributed by atoms with Crippen LogP contribution in [0.15, 0.2) is 30.3 Å². The van der Waals surface area contributed by atoms with Gasteiger partial charge in [0.05, 0.1) is 0 Å². The van der Waals surface area contributed by atoms with Crippen LogP contribution in [0.2, 0.25) is 0 Å². The minimum absolute atomic E-state index is 0. The van der Waals surface area contributed by atoms with Gasteiger partial charge in [-0.3, -0.25) is 0 Å². The maximum Gasteiger partial charge on any atom is 0 e. The van der Waals surface area contributed by atoms with Gasteiger partial charge >= 0.3 is 0 Å². The van der Waals surface area contributed by atoms with E-state index in [1.807, 2.05) is 30.3 Å². The van der Waals surface area contributed by atoms with Gasteiger partial charge in [0.25, 0.3) is 0 Å². The first kappa shape index (κ1) is 8.45. The van der Waals surface area contributed by atoms with Gasteiger partial charge in [-0.2, -0.15) is 0 Å². The number of hydrogen-bond acceptors (Lipinski definition) is 0. The molecule has 0 spiro atoms. The zero-order valence-corrected chi connectivity index (χ0v) is 8.47. The molecule has 1 rings (SSSR count). The minimum atomic E-state index is 0. The zero-order valence-electron chi connectivity index (χ0n) is 4.46. The summed E-state index contributed by atoms with van der Waals surface area (Å²) in [5.74, 6) is 0. The van der Waals surface area contributed by atoms with Gasteiger partial charge in [-0.15, -0.1) is 9.24 Å². The molecule has 0 heterocycles. The minimum Gasteiger partial charge on any atom is -0.106 e. The summed E-state index contributed by atoms with van der Waals surface area (Å²) >= 11 is 0. The van der Waals surface area contributed by atoms with E-state index in [4.69, 9.17) is 0 Å². The van der Waals surface area contributed by atoms with Crippen LogP contribution in [0.4, 0.5) is 0 Å².